The molecule has 0 aliphatic heterocycles. The molecular formula is C41H60O2. The van der Waals surface area contributed by atoms with E-state index in [9.17, 15) is 5.11 Å². The lowest BCUT2D eigenvalue weighted by Crippen LogP contribution is -2.20. The molecule has 2 nitrogen and oxygen atoms in total. The lowest BCUT2D eigenvalue weighted by atomic mass is 9.99. The maximum atomic E-state index is 9.82. The van der Waals surface area contributed by atoms with Crippen molar-refractivity contribution < 1.29 is 9.84 Å². The van der Waals surface area contributed by atoms with Gasteiger partial charge in [-0.05, 0) is 94.9 Å². The molecule has 0 heterocycles. The van der Waals surface area contributed by atoms with E-state index in [0.717, 1.165) is 25.7 Å². The van der Waals surface area contributed by atoms with Gasteiger partial charge in [0.25, 0.3) is 0 Å². The van der Waals surface area contributed by atoms with Gasteiger partial charge in [0.1, 0.15) is 0 Å². The summed E-state index contributed by atoms with van der Waals surface area (Å²) in [4.78, 5) is 0. The molecule has 0 saturated heterocycles. The third-order valence-corrected chi connectivity index (χ3v) is 6.63. The fourth-order valence-corrected chi connectivity index (χ4v) is 3.61. The van der Waals surface area contributed by atoms with Crippen LogP contribution in [0.5, 0.6) is 0 Å². The molecule has 0 radical (unpaired) electrons. The second kappa shape index (κ2) is 22.4. The van der Waals surface area contributed by atoms with Crippen molar-refractivity contribution in [2.45, 2.75) is 106 Å². The van der Waals surface area contributed by atoms with Crippen LogP contribution in [0.1, 0.15) is 94.9 Å². The highest BCUT2D eigenvalue weighted by Gasteiger charge is 2.13. The molecule has 1 N–H and O–H groups in total. The molecule has 0 bridgehead atoms. The van der Waals surface area contributed by atoms with Crippen LogP contribution in [0.4, 0.5) is 0 Å². The van der Waals surface area contributed by atoms with Gasteiger partial charge in [0.05, 0.1) is 11.2 Å². The average Bonchev–Trinajstić information content (AvgIpc) is 2.90. The van der Waals surface area contributed by atoms with Crippen molar-refractivity contribution in [2.24, 2.45) is 0 Å². The first-order chi connectivity index (χ1) is 20.1. The second-order valence-electron chi connectivity index (χ2n) is 12.6. The number of hydrogen-bond donors (Lipinski definition) is 1. The number of methoxy groups -OCH3 is 1. The standard InChI is InChI=1S/C41H60O2/c1-34(22-14-24-36(3)26-16-28-38(5)30-18-32-40(7,8)42)20-12-13-21-35(2)23-15-25-37(4)27-17-29-39(6)31-19-33-41(9,10)43-11/h12-17,19-29,31,42H,18,30,32-33H2,1-11H3/b13-12+,22-14+,23-15+,26-16+,27-17+,31-19+,34-20+,35-21+,36-24+,37-25+,38-28+,39-29+. The summed E-state index contributed by atoms with van der Waals surface area (Å²) in [6.45, 7) is 20.6. The molecule has 0 unspecified atom stereocenters. The van der Waals surface area contributed by atoms with Gasteiger partial charge in [-0.15, -0.1) is 0 Å². The van der Waals surface area contributed by atoms with Crippen LogP contribution >= 0.6 is 0 Å². The van der Waals surface area contributed by atoms with Crippen LogP contribution in [0.3, 0.4) is 0 Å². The lowest BCUT2D eigenvalue weighted by Gasteiger charge is -2.20. The first kappa shape index (κ1) is 39.8. The molecule has 43 heavy (non-hydrogen) atoms. The Kier molecular flexibility index (Phi) is 20.7. The molecule has 0 atom stereocenters. The van der Waals surface area contributed by atoms with E-state index in [-0.39, 0.29) is 5.60 Å². The molecule has 2 heteroatoms. The van der Waals surface area contributed by atoms with E-state index >= 15 is 0 Å². The second-order valence-corrected chi connectivity index (χ2v) is 12.6. The molecule has 0 spiro atoms. The molecule has 236 valence electrons. The van der Waals surface area contributed by atoms with Crippen LogP contribution < -0.4 is 0 Å². The Morgan fingerprint density at radius 3 is 1.33 bits per heavy atom. The van der Waals surface area contributed by atoms with Gasteiger partial charge in [-0.3, -0.25) is 0 Å². The third-order valence-electron chi connectivity index (χ3n) is 6.63. The fraction of sp³-hybridized carbons (Fsp3) is 0.415. The molecule has 0 fully saturated rings. The van der Waals surface area contributed by atoms with Gasteiger partial charge in [-0.25, -0.2) is 0 Å². The van der Waals surface area contributed by atoms with E-state index in [0.29, 0.717) is 0 Å². The monoisotopic (exact) mass is 584 g/mol. The summed E-state index contributed by atoms with van der Waals surface area (Å²) in [5.41, 5.74) is 6.63. The number of ether oxygens (including phenoxy) is 1. The van der Waals surface area contributed by atoms with Gasteiger partial charge in [0.15, 0.2) is 0 Å². The van der Waals surface area contributed by atoms with Crippen molar-refractivity contribution in [3.63, 3.8) is 0 Å². The summed E-state index contributed by atoms with van der Waals surface area (Å²) in [6, 6.07) is 0. The summed E-state index contributed by atoms with van der Waals surface area (Å²) >= 11 is 0. The van der Waals surface area contributed by atoms with Crippen LogP contribution in [0.2, 0.25) is 0 Å². The van der Waals surface area contributed by atoms with Crippen LogP contribution in [0.15, 0.2) is 143 Å². The van der Waals surface area contributed by atoms with Gasteiger partial charge in [0, 0.05) is 7.11 Å². The molecular weight excluding hydrogens is 524 g/mol. The summed E-state index contributed by atoms with van der Waals surface area (Å²) in [5, 5.41) is 9.82. The van der Waals surface area contributed by atoms with Gasteiger partial charge < -0.3 is 9.84 Å². The highest BCUT2D eigenvalue weighted by molar-refractivity contribution is 5.33. The minimum absolute atomic E-state index is 0.124. The van der Waals surface area contributed by atoms with Crippen LogP contribution in [0, 0.1) is 0 Å². The Labute approximate surface area is 265 Å². The molecule has 0 saturated carbocycles. The SMILES string of the molecule is COC(C)(C)C/C=C/C(C)=C/C=C/C(C)=C/C=C/C(C)=C/C=C/C=C(C)/C=C/C=C(C)/C=C/C=C(\C)CCCC(C)(C)O. The number of aliphatic hydroxyl groups is 1. The Morgan fingerprint density at radius 1 is 0.558 bits per heavy atom. The maximum Gasteiger partial charge on any atom is 0.0657 e. The maximum absolute atomic E-state index is 9.82. The first-order valence-corrected chi connectivity index (χ1v) is 15.5. The normalized spacial score (nSPS) is 16.2. The van der Waals surface area contributed by atoms with Crippen molar-refractivity contribution in [1.29, 1.82) is 0 Å². The van der Waals surface area contributed by atoms with E-state index < -0.39 is 5.60 Å². The van der Waals surface area contributed by atoms with Crippen molar-refractivity contribution in [1.82, 2.24) is 0 Å². The molecule has 0 rings (SSSR count). The Hall–Kier alpha value is -3.20. The van der Waals surface area contributed by atoms with Crippen molar-refractivity contribution in [3.8, 4) is 0 Å². The first-order valence-electron chi connectivity index (χ1n) is 15.5. The molecule has 0 aromatic rings. The van der Waals surface area contributed by atoms with Gasteiger partial charge in [-0.2, -0.15) is 0 Å². The van der Waals surface area contributed by atoms with E-state index in [4.69, 9.17) is 4.74 Å². The third kappa shape index (κ3) is 26.2. The quantitative estimate of drug-likeness (QED) is 0.162. The minimum atomic E-state index is -0.578. The van der Waals surface area contributed by atoms with Crippen molar-refractivity contribution in [2.75, 3.05) is 7.11 Å². The lowest BCUT2D eigenvalue weighted by molar-refractivity contribution is 0.0255. The Balaban J connectivity index is 4.74. The van der Waals surface area contributed by atoms with E-state index in [1.165, 1.54) is 33.4 Å². The summed E-state index contributed by atoms with van der Waals surface area (Å²) in [5.74, 6) is 0. The summed E-state index contributed by atoms with van der Waals surface area (Å²) < 4.78 is 5.45. The summed E-state index contributed by atoms with van der Waals surface area (Å²) in [7, 11) is 1.75. The minimum Gasteiger partial charge on any atom is -0.390 e. The zero-order valence-electron chi connectivity index (χ0n) is 29.1. The molecule has 0 aliphatic carbocycles. The number of hydrogen-bond acceptors (Lipinski definition) is 2. The number of rotatable bonds is 18. The Morgan fingerprint density at radius 2 is 0.930 bits per heavy atom. The van der Waals surface area contributed by atoms with Gasteiger partial charge >= 0.3 is 0 Å². The predicted molar refractivity (Wildman–Crippen MR) is 193 cm³/mol. The Bertz CT molecular complexity index is 1190. The summed E-state index contributed by atoms with van der Waals surface area (Å²) in [6.07, 6.45) is 41.8. The van der Waals surface area contributed by atoms with Crippen LogP contribution in [-0.2, 0) is 4.74 Å². The smallest absolute Gasteiger partial charge is 0.0657 e. The van der Waals surface area contributed by atoms with Gasteiger partial charge in [-0.1, -0.05) is 143 Å². The molecule has 0 amide bonds. The van der Waals surface area contributed by atoms with Crippen LogP contribution in [-0.4, -0.2) is 23.4 Å². The topological polar surface area (TPSA) is 29.5 Å². The largest absolute Gasteiger partial charge is 0.390 e. The highest BCUT2D eigenvalue weighted by atomic mass is 16.5. The van der Waals surface area contributed by atoms with Crippen LogP contribution in [0.25, 0.3) is 0 Å². The van der Waals surface area contributed by atoms with E-state index in [2.05, 4.69) is 165 Å². The van der Waals surface area contributed by atoms with Gasteiger partial charge in [0.2, 0.25) is 0 Å². The molecule has 0 aromatic heterocycles. The number of allylic oxidation sites excluding steroid dienone is 23. The van der Waals surface area contributed by atoms with Crippen molar-refractivity contribution in [3.05, 3.63) is 143 Å². The zero-order valence-corrected chi connectivity index (χ0v) is 29.1. The van der Waals surface area contributed by atoms with Crippen molar-refractivity contribution >= 4 is 0 Å². The zero-order chi connectivity index (χ0) is 32.7. The van der Waals surface area contributed by atoms with E-state index in [1.54, 1.807) is 7.11 Å². The van der Waals surface area contributed by atoms with E-state index in [1.807, 2.05) is 13.8 Å². The fourth-order valence-electron chi connectivity index (χ4n) is 3.61. The molecule has 0 aliphatic rings. The highest BCUT2D eigenvalue weighted by Crippen LogP contribution is 2.16. The molecule has 0 aromatic carbocycles. The average molecular weight is 585 g/mol. The predicted octanol–water partition coefficient (Wildman–Crippen LogP) is 11.8.